The van der Waals surface area contributed by atoms with Gasteiger partial charge in [0.2, 0.25) is 5.91 Å². The summed E-state index contributed by atoms with van der Waals surface area (Å²) in [6.07, 6.45) is 0.812. The Bertz CT molecular complexity index is 964. The maximum absolute atomic E-state index is 12.7. The van der Waals surface area contributed by atoms with Crippen LogP contribution in [0, 0.1) is 0 Å². The van der Waals surface area contributed by atoms with E-state index in [2.05, 4.69) is 10.4 Å². The average Bonchev–Trinajstić information content (AvgIpc) is 2.69. The van der Waals surface area contributed by atoms with E-state index in [1.807, 2.05) is 61.5 Å². The second-order valence-corrected chi connectivity index (χ2v) is 6.04. The number of benzene rings is 2. The largest absolute Gasteiger partial charge is 0.324 e. The molecular weight excluding hydrogens is 326 g/mol. The number of amides is 1. The highest BCUT2D eigenvalue weighted by molar-refractivity contribution is 5.94. The molecule has 0 saturated heterocycles. The Morgan fingerprint density at radius 3 is 2.46 bits per heavy atom. The molecule has 0 unspecified atom stereocenters. The lowest BCUT2D eigenvalue weighted by atomic mass is 10.1. The monoisotopic (exact) mass is 347 g/mol. The summed E-state index contributed by atoms with van der Waals surface area (Å²) in [6.45, 7) is 3.71. The Morgan fingerprint density at radius 1 is 1.04 bits per heavy atom. The number of rotatable bonds is 5. The van der Waals surface area contributed by atoms with Gasteiger partial charge in [0.1, 0.15) is 6.04 Å². The molecule has 5 heteroatoms. The number of hydrogen-bond acceptors (Lipinski definition) is 3. The number of nitrogens with one attached hydrogen (secondary N) is 1. The Morgan fingerprint density at radius 2 is 1.73 bits per heavy atom. The summed E-state index contributed by atoms with van der Waals surface area (Å²) < 4.78 is 1.23. The van der Waals surface area contributed by atoms with Crippen molar-refractivity contribution in [2.24, 2.45) is 0 Å². The molecule has 5 nitrogen and oxygen atoms in total. The van der Waals surface area contributed by atoms with Gasteiger partial charge in [0, 0.05) is 17.3 Å². The summed E-state index contributed by atoms with van der Waals surface area (Å²) in [5.41, 5.74) is 3.05. The van der Waals surface area contributed by atoms with Crippen molar-refractivity contribution in [1.29, 1.82) is 0 Å². The molecule has 0 bridgehead atoms. The molecule has 0 aliphatic rings. The zero-order valence-electron chi connectivity index (χ0n) is 14.8. The second kappa shape index (κ2) is 7.78. The quantitative estimate of drug-likeness (QED) is 0.766. The lowest BCUT2D eigenvalue weighted by molar-refractivity contribution is -0.119. The van der Waals surface area contributed by atoms with Crippen molar-refractivity contribution in [2.75, 3.05) is 5.32 Å². The summed E-state index contributed by atoms with van der Waals surface area (Å²) in [5, 5.41) is 7.30. The molecule has 0 fully saturated rings. The van der Waals surface area contributed by atoms with E-state index < -0.39 is 6.04 Å². The highest BCUT2D eigenvalue weighted by Crippen LogP contribution is 2.18. The zero-order valence-corrected chi connectivity index (χ0v) is 14.8. The van der Waals surface area contributed by atoms with E-state index in [1.54, 1.807) is 13.0 Å². The number of hydrogen-bond donors (Lipinski definition) is 1. The third-order valence-electron chi connectivity index (χ3n) is 4.30. The fraction of sp³-hybridized carbons (Fsp3) is 0.190. The maximum Gasteiger partial charge on any atom is 0.267 e. The third kappa shape index (κ3) is 3.72. The van der Waals surface area contributed by atoms with E-state index in [0.29, 0.717) is 5.69 Å². The van der Waals surface area contributed by atoms with Crippen molar-refractivity contribution in [3.8, 4) is 11.3 Å². The molecule has 1 N–H and O–H groups in total. The van der Waals surface area contributed by atoms with E-state index in [-0.39, 0.29) is 11.5 Å². The first kappa shape index (κ1) is 17.6. The number of carbonyl (C=O) groups excluding carboxylic acids is 1. The Balaban J connectivity index is 1.88. The van der Waals surface area contributed by atoms with Crippen molar-refractivity contribution < 1.29 is 4.79 Å². The number of carbonyl (C=O) groups is 1. The van der Waals surface area contributed by atoms with Crippen molar-refractivity contribution in [1.82, 2.24) is 9.78 Å². The van der Waals surface area contributed by atoms with Gasteiger partial charge >= 0.3 is 0 Å². The molecule has 1 heterocycles. The van der Waals surface area contributed by atoms with Gasteiger partial charge in [-0.2, -0.15) is 5.10 Å². The first-order chi connectivity index (χ1) is 12.6. The van der Waals surface area contributed by atoms with Gasteiger partial charge in [-0.25, -0.2) is 4.68 Å². The molecule has 3 rings (SSSR count). The van der Waals surface area contributed by atoms with E-state index in [4.69, 9.17) is 0 Å². The van der Waals surface area contributed by atoms with Crippen molar-refractivity contribution >= 4 is 11.6 Å². The van der Waals surface area contributed by atoms with Gasteiger partial charge in [-0.3, -0.25) is 9.59 Å². The van der Waals surface area contributed by atoms with Gasteiger partial charge < -0.3 is 5.32 Å². The zero-order chi connectivity index (χ0) is 18.5. The lowest BCUT2D eigenvalue weighted by Crippen LogP contribution is -2.33. The van der Waals surface area contributed by atoms with Crippen LogP contribution in [0.1, 0.15) is 25.5 Å². The van der Waals surface area contributed by atoms with E-state index >= 15 is 0 Å². The molecule has 0 aliphatic carbocycles. The van der Waals surface area contributed by atoms with Crippen LogP contribution in [0.2, 0.25) is 0 Å². The van der Waals surface area contributed by atoms with Gasteiger partial charge in [-0.1, -0.05) is 55.5 Å². The average molecular weight is 347 g/mol. The molecule has 0 spiro atoms. The van der Waals surface area contributed by atoms with E-state index in [0.717, 1.165) is 23.2 Å². The molecule has 26 heavy (non-hydrogen) atoms. The SMILES string of the molecule is CCc1ccccc1NC(=O)[C@@H](C)n1nc(-c2ccccc2)ccc1=O. The minimum Gasteiger partial charge on any atom is -0.324 e. The molecular formula is C21H21N3O2. The van der Waals surface area contributed by atoms with Crippen molar-refractivity contribution in [2.45, 2.75) is 26.3 Å². The molecule has 1 amide bonds. The van der Waals surface area contributed by atoms with Crippen LogP contribution >= 0.6 is 0 Å². The van der Waals surface area contributed by atoms with E-state index in [1.165, 1.54) is 10.7 Å². The highest BCUT2D eigenvalue weighted by atomic mass is 16.2. The lowest BCUT2D eigenvalue weighted by Gasteiger charge is -2.16. The maximum atomic E-state index is 12.7. The molecule has 0 aliphatic heterocycles. The number of aryl methyl sites for hydroxylation is 1. The third-order valence-corrected chi connectivity index (χ3v) is 4.30. The predicted molar refractivity (Wildman–Crippen MR) is 103 cm³/mol. The Hall–Kier alpha value is -3.21. The van der Waals surface area contributed by atoms with Crippen LogP contribution in [0.15, 0.2) is 71.5 Å². The molecule has 1 aromatic heterocycles. The number of aromatic nitrogens is 2. The van der Waals surface area contributed by atoms with E-state index in [9.17, 15) is 9.59 Å². The number of para-hydroxylation sites is 1. The second-order valence-electron chi connectivity index (χ2n) is 6.04. The Kier molecular flexibility index (Phi) is 5.27. The molecule has 0 saturated carbocycles. The summed E-state index contributed by atoms with van der Waals surface area (Å²) in [4.78, 5) is 24.9. The van der Waals surface area contributed by atoms with Crippen LogP contribution in [0.5, 0.6) is 0 Å². The normalized spacial score (nSPS) is 11.8. The van der Waals surface area contributed by atoms with Crippen LogP contribution in [0.25, 0.3) is 11.3 Å². The topological polar surface area (TPSA) is 64.0 Å². The van der Waals surface area contributed by atoms with Gasteiger partial charge in [-0.15, -0.1) is 0 Å². The minimum atomic E-state index is -0.726. The summed E-state index contributed by atoms with van der Waals surface area (Å²) >= 11 is 0. The summed E-state index contributed by atoms with van der Waals surface area (Å²) in [6, 6.07) is 19.6. The van der Waals surface area contributed by atoms with Crippen LogP contribution in [0.3, 0.4) is 0 Å². The highest BCUT2D eigenvalue weighted by Gasteiger charge is 2.19. The van der Waals surface area contributed by atoms with Gasteiger partial charge in [0.25, 0.3) is 5.56 Å². The number of nitrogens with zero attached hydrogens (tertiary/aromatic N) is 2. The van der Waals surface area contributed by atoms with Crippen LogP contribution < -0.4 is 10.9 Å². The molecule has 3 aromatic rings. The fourth-order valence-electron chi connectivity index (χ4n) is 2.76. The molecule has 1 atom stereocenters. The number of anilines is 1. The van der Waals surface area contributed by atoms with Crippen LogP contribution in [-0.4, -0.2) is 15.7 Å². The standard InChI is InChI=1S/C21H21N3O2/c1-3-16-9-7-8-12-18(16)22-21(26)15(2)24-20(25)14-13-19(23-24)17-10-5-4-6-11-17/h4-15H,3H2,1-2H3,(H,22,26)/t15-/m1/s1. The van der Waals surface area contributed by atoms with Crippen LogP contribution in [0.4, 0.5) is 5.69 Å². The smallest absolute Gasteiger partial charge is 0.267 e. The van der Waals surface area contributed by atoms with Crippen molar-refractivity contribution in [3.05, 3.63) is 82.6 Å². The van der Waals surface area contributed by atoms with Crippen LogP contribution in [-0.2, 0) is 11.2 Å². The summed E-state index contributed by atoms with van der Waals surface area (Å²) in [5.74, 6) is -0.272. The Labute approximate surface area is 152 Å². The fourth-order valence-corrected chi connectivity index (χ4v) is 2.76. The van der Waals surface area contributed by atoms with Gasteiger partial charge in [0.15, 0.2) is 0 Å². The predicted octanol–water partition coefficient (Wildman–Crippen LogP) is 3.67. The molecule has 2 aromatic carbocycles. The first-order valence-corrected chi connectivity index (χ1v) is 8.64. The van der Waals surface area contributed by atoms with Crippen molar-refractivity contribution in [3.63, 3.8) is 0 Å². The minimum absolute atomic E-state index is 0.272. The molecule has 132 valence electrons. The van der Waals surface area contributed by atoms with Gasteiger partial charge in [0.05, 0.1) is 5.69 Å². The summed E-state index contributed by atoms with van der Waals surface area (Å²) in [7, 11) is 0. The van der Waals surface area contributed by atoms with Gasteiger partial charge in [-0.05, 0) is 31.0 Å². The first-order valence-electron chi connectivity index (χ1n) is 8.64. The molecule has 0 radical (unpaired) electrons.